The molecule has 15 heavy (non-hydrogen) atoms. The average Bonchev–Trinajstić information content (AvgIpc) is 2.16. The second-order valence-electron chi connectivity index (χ2n) is 4.26. The fourth-order valence-electron chi connectivity index (χ4n) is 1.39. The summed E-state index contributed by atoms with van der Waals surface area (Å²) in [5.74, 6) is 2.22. The van der Waals surface area contributed by atoms with Crippen molar-refractivity contribution >= 4 is 0 Å². The zero-order valence-electron chi connectivity index (χ0n) is 10.2. The molecule has 0 spiro atoms. The Morgan fingerprint density at radius 3 is 2.00 bits per heavy atom. The summed E-state index contributed by atoms with van der Waals surface area (Å²) in [5, 5.41) is 0. The maximum Gasteiger partial charge on any atom is 0.123 e. The molecule has 0 N–H and O–H groups in total. The number of hydrogen-bond donors (Lipinski definition) is 0. The molecule has 1 aromatic rings. The van der Waals surface area contributed by atoms with Crippen molar-refractivity contribution in [3.8, 4) is 11.5 Å². The lowest BCUT2D eigenvalue weighted by Crippen LogP contribution is -2.06. The van der Waals surface area contributed by atoms with Crippen LogP contribution in [0.1, 0.15) is 39.2 Å². The van der Waals surface area contributed by atoms with Gasteiger partial charge in [-0.1, -0.05) is 13.8 Å². The molecule has 0 saturated heterocycles. The summed E-state index contributed by atoms with van der Waals surface area (Å²) in [7, 11) is 1.68. The molecule has 1 aromatic carbocycles. The minimum atomic E-state index is 0.192. The molecule has 0 heterocycles. The molecule has 0 amide bonds. The van der Waals surface area contributed by atoms with Gasteiger partial charge in [0.05, 0.1) is 13.2 Å². The molecule has 0 aromatic heterocycles. The van der Waals surface area contributed by atoms with Crippen LogP contribution in [0.15, 0.2) is 18.2 Å². The van der Waals surface area contributed by atoms with Crippen molar-refractivity contribution in [2.45, 2.75) is 39.7 Å². The third-order valence-corrected chi connectivity index (χ3v) is 2.18. The van der Waals surface area contributed by atoms with Crippen LogP contribution in [0, 0.1) is 0 Å². The number of ether oxygens (including phenoxy) is 2. The highest BCUT2D eigenvalue weighted by Gasteiger charge is 2.06. The van der Waals surface area contributed by atoms with E-state index < -0.39 is 0 Å². The molecule has 0 saturated carbocycles. The Bertz CT molecular complexity index is 316. The molecule has 1 rings (SSSR count). The topological polar surface area (TPSA) is 18.5 Å². The molecule has 2 nitrogen and oxygen atoms in total. The highest BCUT2D eigenvalue weighted by atomic mass is 16.5. The Morgan fingerprint density at radius 1 is 0.933 bits per heavy atom. The molecule has 0 aliphatic rings. The van der Waals surface area contributed by atoms with E-state index in [2.05, 4.69) is 26.0 Å². The van der Waals surface area contributed by atoms with Crippen molar-refractivity contribution < 1.29 is 9.47 Å². The highest BCUT2D eigenvalue weighted by Crippen LogP contribution is 2.27. The lowest BCUT2D eigenvalue weighted by Gasteiger charge is -2.14. The number of methoxy groups -OCH3 is 1. The second kappa shape index (κ2) is 5.06. The average molecular weight is 208 g/mol. The van der Waals surface area contributed by atoms with Crippen molar-refractivity contribution in [2.75, 3.05) is 7.11 Å². The fourth-order valence-corrected chi connectivity index (χ4v) is 1.39. The molecule has 0 atom stereocenters. The largest absolute Gasteiger partial charge is 0.497 e. The van der Waals surface area contributed by atoms with Gasteiger partial charge in [0.15, 0.2) is 0 Å². The molecule has 0 aliphatic carbocycles. The van der Waals surface area contributed by atoms with Gasteiger partial charge in [0.25, 0.3) is 0 Å². The Kier molecular flexibility index (Phi) is 4.01. The Balaban J connectivity index is 3.00. The molecule has 0 unspecified atom stereocenters. The van der Waals surface area contributed by atoms with Crippen molar-refractivity contribution in [2.24, 2.45) is 0 Å². The van der Waals surface area contributed by atoms with E-state index in [9.17, 15) is 0 Å². The zero-order chi connectivity index (χ0) is 11.4. The number of benzene rings is 1. The van der Waals surface area contributed by atoms with E-state index in [0.717, 1.165) is 11.5 Å². The standard InChI is InChI=1S/C13H20O2/c1-9(2)11-6-12(14-5)8-13(7-11)15-10(3)4/h6-10H,1-5H3. The second-order valence-corrected chi connectivity index (χ2v) is 4.26. The van der Waals surface area contributed by atoms with E-state index in [1.54, 1.807) is 7.11 Å². The van der Waals surface area contributed by atoms with E-state index in [4.69, 9.17) is 9.47 Å². The minimum Gasteiger partial charge on any atom is -0.497 e. The van der Waals surface area contributed by atoms with Crippen LogP contribution in [0.4, 0.5) is 0 Å². The first-order valence-electron chi connectivity index (χ1n) is 5.38. The van der Waals surface area contributed by atoms with Crippen LogP contribution in [-0.4, -0.2) is 13.2 Å². The summed E-state index contributed by atoms with van der Waals surface area (Å²) in [4.78, 5) is 0. The molecule has 0 radical (unpaired) electrons. The van der Waals surface area contributed by atoms with Gasteiger partial charge in [0.1, 0.15) is 11.5 Å². The maximum absolute atomic E-state index is 5.67. The van der Waals surface area contributed by atoms with Crippen LogP contribution in [-0.2, 0) is 0 Å². The van der Waals surface area contributed by atoms with Crippen molar-refractivity contribution in [3.05, 3.63) is 23.8 Å². The highest BCUT2D eigenvalue weighted by molar-refractivity contribution is 5.39. The van der Waals surface area contributed by atoms with Crippen LogP contribution < -0.4 is 9.47 Å². The van der Waals surface area contributed by atoms with Crippen molar-refractivity contribution in [1.29, 1.82) is 0 Å². The first kappa shape index (κ1) is 11.9. The first-order valence-corrected chi connectivity index (χ1v) is 5.38. The van der Waals surface area contributed by atoms with Gasteiger partial charge in [-0.2, -0.15) is 0 Å². The van der Waals surface area contributed by atoms with E-state index >= 15 is 0 Å². The predicted molar refractivity (Wildman–Crippen MR) is 62.8 cm³/mol. The summed E-state index contributed by atoms with van der Waals surface area (Å²) < 4.78 is 10.9. The smallest absolute Gasteiger partial charge is 0.123 e. The Hall–Kier alpha value is -1.18. The minimum absolute atomic E-state index is 0.192. The van der Waals surface area contributed by atoms with Gasteiger partial charge in [-0.25, -0.2) is 0 Å². The molecular formula is C13H20O2. The third kappa shape index (κ3) is 3.46. The van der Waals surface area contributed by atoms with Gasteiger partial charge in [-0.3, -0.25) is 0 Å². The molecule has 2 heteroatoms. The van der Waals surface area contributed by atoms with Crippen LogP contribution in [0.2, 0.25) is 0 Å². The van der Waals surface area contributed by atoms with Gasteiger partial charge in [-0.05, 0) is 37.5 Å². The van der Waals surface area contributed by atoms with Crippen molar-refractivity contribution in [1.82, 2.24) is 0 Å². The normalized spacial score (nSPS) is 10.9. The summed E-state index contributed by atoms with van der Waals surface area (Å²) in [6.07, 6.45) is 0.192. The quantitative estimate of drug-likeness (QED) is 0.752. The monoisotopic (exact) mass is 208 g/mol. The molecule has 0 bridgehead atoms. The summed E-state index contributed by atoms with van der Waals surface area (Å²) in [5.41, 5.74) is 1.24. The van der Waals surface area contributed by atoms with E-state index in [1.165, 1.54) is 5.56 Å². The van der Waals surface area contributed by atoms with Crippen molar-refractivity contribution in [3.63, 3.8) is 0 Å². The van der Waals surface area contributed by atoms with E-state index in [-0.39, 0.29) is 6.10 Å². The summed E-state index contributed by atoms with van der Waals surface area (Å²) in [6, 6.07) is 6.05. The van der Waals surface area contributed by atoms with Gasteiger partial charge < -0.3 is 9.47 Å². The Morgan fingerprint density at radius 2 is 1.53 bits per heavy atom. The zero-order valence-corrected chi connectivity index (χ0v) is 10.2. The Labute approximate surface area is 92.2 Å². The lowest BCUT2D eigenvalue weighted by atomic mass is 10.0. The van der Waals surface area contributed by atoms with E-state index in [0.29, 0.717) is 5.92 Å². The SMILES string of the molecule is COc1cc(OC(C)C)cc(C(C)C)c1. The van der Waals surface area contributed by atoms with Gasteiger partial charge in [-0.15, -0.1) is 0 Å². The predicted octanol–water partition coefficient (Wildman–Crippen LogP) is 3.61. The third-order valence-electron chi connectivity index (χ3n) is 2.18. The molecule has 0 fully saturated rings. The van der Waals surface area contributed by atoms with Crippen LogP contribution in [0.3, 0.4) is 0 Å². The van der Waals surface area contributed by atoms with Crippen LogP contribution in [0.5, 0.6) is 11.5 Å². The lowest BCUT2D eigenvalue weighted by molar-refractivity contribution is 0.241. The van der Waals surface area contributed by atoms with E-state index in [1.807, 2.05) is 19.9 Å². The van der Waals surface area contributed by atoms with Crippen LogP contribution in [0.25, 0.3) is 0 Å². The van der Waals surface area contributed by atoms with Gasteiger partial charge >= 0.3 is 0 Å². The van der Waals surface area contributed by atoms with Gasteiger partial charge in [0, 0.05) is 6.07 Å². The number of rotatable bonds is 4. The van der Waals surface area contributed by atoms with Crippen LogP contribution >= 0.6 is 0 Å². The first-order chi connectivity index (χ1) is 7.02. The number of hydrogen-bond acceptors (Lipinski definition) is 2. The maximum atomic E-state index is 5.67. The molecular weight excluding hydrogens is 188 g/mol. The summed E-state index contributed by atoms with van der Waals surface area (Å²) in [6.45, 7) is 8.37. The molecule has 84 valence electrons. The summed E-state index contributed by atoms with van der Waals surface area (Å²) >= 11 is 0. The van der Waals surface area contributed by atoms with Gasteiger partial charge in [0.2, 0.25) is 0 Å². The molecule has 0 aliphatic heterocycles. The fraction of sp³-hybridized carbons (Fsp3) is 0.538.